The first-order valence-electron chi connectivity index (χ1n) is 19.4. The van der Waals surface area contributed by atoms with Crippen LogP contribution in [0.5, 0.6) is 0 Å². The highest BCUT2D eigenvalue weighted by Gasteiger charge is 2.21. The van der Waals surface area contributed by atoms with E-state index in [4.69, 9.17) is 8.83 Å². The minimum atomic E-state index is 0.860. The molecule has 0 aliphatic carbocycles. The van der Waals surface area contributed by atoms with E-state index in [0.717, 1.165) is 82.8 Å². The van der Waals surface area contributed by atoms with Gasteiger partial charge in [-0.25, -0.2) is 0 Å². The Labute approximate surface area is 328 Å². The summed E-state index contributed by atoms with van der Waals surface area (Å²) in [6.45, 7) is 0. The van der Waals surface area contributed by atoms with Gasteiger partial charge in [0.1, 0.15) is 22.3 Å². The summed E-state index contributed by atoms with van der Waals surface area (Å²) in [6, 6.07) is 71.6. The molecular weight excluding hydrogens is 695 g/mol. The van der Waals surface area contributed by atoms with Crippen molar-refractivity contribution in [2.75, 3.05) is 4.90 Å². The highest BCUT2D eigenvalue weighted by atomic mass is 16.3. The second-order valence-corrected chi connectivity index (χ2v) is 14.8. The molecule has 3 nitrogen and oxygen atoms in total. The molecule has 0 bridgehead atoms. The first kappa shape index (κ1) is 31.7. The summed E-state index contributed by atoms with van der Waals surface area (Å²) in [5, 5.41) is 11.8. The van der Waals surface area contributed by atoms with Crippen molar-refractivity contribution < 1.29 is 8.83 Å². The summed E-state index contributed by atoms with van der Waals surface area (Å²) in [5.41, 5.74) is 11.4. The average molecular weight is 728 g/mol. The summed E-state index contributed by atoms with van der Waals surface area (Å²) in [5.74, 6) is 0. The van der Waals surface area contributed by atoms with Crippen molar-refractivity contribution in [1.29, 1.82) is 0 Å². The smallest absolute Gasteiger partial charge is 0.143 e. The summed E-state index contributed by atoms with van der Waals surface area (Å²) in [7, 11) is 0. The molecule has 0 amide bonds. The van der Waals surface area contributed by atoms with Crippen molar-refractivity contribution >= 4 is 93.3 Å². The maximum Gasteiger partial charge on any atom is 0.143 e. The minimum absolute atomic E-state index is 0.860. The van der Waals surface area contributed by atoms with Crippen molar-refractivity contribution in [3.05, 3.63) is 200 Å². The van der Waals surface area contributed by atoms with Crippen LogP contribution < -0.4 is 4.90 Å². The van der Waals surface area contributed by atoms with Crippen LogP contribution in [0.3, 0.4) is 0 Å². The number of fused-ring (bicyclic) bond motifs is 11. The Bertz CT molecular complexity index is 3520. The third-order valence-corrected chi connectivity index (χ3v) is 11.6. The van der Waals surface area contributed by atoms with Gasteiger partial charge < -0.3 is 13.7 Å². The zero-order valence-corrected chi connectivity index (χ0v) is 30.8. The highest BCUT2D eigenvalue weighted by Crippen LogP contribution is 2.45. The van der Waals surface area contributed by atoms with Crippen LogP contribution in [0.15, 0.2) is 209 Å². The van der Waals surface area contributed by atoms with Crippen molar-refractivity contribution in [3.63, 3.8) is 0 Å². The number of rotatable bonds is 5. The van der Waals surface area contributed by atoms with Crippen molar-refractivity contribution in [2.45, 2.75) is 0 Å². The first-order valence-corrected chi connectivity index (χ1v) is 19.4. The Hall–Kier alpha value is -7.62. The predicted octanol–water partition coefficient (Wildman–Crippen LogP) is 15.7. The fourth-order valence-corrected chi connectivity index (χ4v) is 8.94. The van der Waals surface area contributed by atoms with Gasteiger partial charge in [-0.15, -0.1) is 0 Å². The van der Waals surface area contributed by atoms with Crippen LogP contribution in [-0.2, 0) is 0 Å². The van der Waals surface area contributed by atoms with E-state index in [2.05, 4.69) is 193 Å². The quantitative estimate of drug-likeness (QED) is 0.165. The molecule has 0 radical (unpaired) electrons. The summed E-state index contributed by atoms with van der Waals surface area (Å²) < 4.78 is 12.9. The molecule has 0 unspecified atom stereocenters. The van der Waals surface area contributed by atoms with Crippen LogP contribution in [0, 0.1) is 0 Å². The van der Waals surface area contributed by atoms with Gasteiger partial charge in [0, 0.05) is 32.9 Å². The molecule has 0 N–H and O–H groups in total. The number of benzene rings is 10. The Morgan fingerprint density at radius 1 is 0.316 bits per heavy atom. The lowest BCUT2D eigenvalue weighted by atomic mass is 9.93. The summed E-state index contributed by atoms with van der Waals surface area (Å²) in [6.07, 6.45) is 0. The minimum Gasteiger partial charge on any atom is -0.456 e. The molecule has 12 aromatic rings. The molecule has 266 valence electrons. The van der Waals surface area contributed by atoms with E-state index in [1.54, 1.807) is 0 Å². The molecule has 2 aromatic heterocycles. The Morgan fingerprint density at radius 2 is 0.912 bits per heavy atom. The van der Waals surface area contributed by atoms with E-state index in [0.29, 0.717) is 0 Å². The topological polar surface area (TPSA) is 29.5 Å². The summed E-state index contributed by atoms with van der Waals surface area (Å²) in [4.78, 5) is 2.36. The number of hydrogen-bond donors (Lipinski definition) is 0. The van der Waals surface area contributed by atoms with Crippen molar-refractivity contribution in [2.24, 2.45) is 0 Å². The van der Waals surface area contributed by atoms with E-state index in [-0.39, 0.29) is 0 Å². The van der Waals surface area contributed by atoms with E-state index >= 15 is 0 Å². The van der Waals surface area contributed by atoms with E-state index < -0.39 is 0 Å². The zero-order chi connectivity index (χ0) is 37.5. The molecule has 10 aromatic carbocycles. The monoisotopic (exact) mass is 727 g/mol. The lowest BCUT2D eigenvalue weighted by Crippen LogP contribution is -2.10. The Balaban J connectivity index is 1.02. The van der Waals surface area contributed by atoms with Gasteiger partial charge in [0.25, 0.3) is 0 Å². The zero-order valence-electron chi connectivity index (χ0n) is 30.8. The first-order chi connectivity index (χ1) is 28.2. The van der Waals surface area contributed by atoms with Crippen LogP contribution in [-0.4, -0.2) is 0 Å². The van der Waals surface area contributed by atoms with E-state index in [1.807, 2.05) is 12.1 Å². The number of anilines is 3. The largest absolute Gasteiger partial charge is 0.456 e. The van der Waals surface area contributed by atoms with Crippen LogP contribution in [0.2, 0.25) is 0 Å². The van der Waals surface area contributed by atoms with Gasteiger partial charge in [-0.2, -0.15) is 0 Å². The maximum atomic E-state index is 6.68. The number of para-hydroxylation sites is 1. The van der Waals surface area contributed by atoms with Crippen LogP contribution >= 0.6 is 0 Å². The summed E-state index contributed by atoms with van der Waals surface area (Å²) >= 11 is 0. The number of hydrogen-bond acceptors (Lipinski definition) is 3. The van der Waals surface area contributed by atoms with Crippen molar-refractivity contribution in [3.8, 4) is 22.3 Å². The second-order valence-electron chi connectivity index (χ2n) is 14.8. The van der Waals surface area contributed by atoms with E-state index in [1.165, 1.54) is 32.7 Å². The standard InChI is InChI=1S/C54H33NO2/c1-4-13-42-35(10-1)24-31-47-53-49(17-9-19-51(53)57-54(42)47)55(39-26-20-34(21-27-39)37-25-30-46-45-16-7-8-18-50(45)56-52(46)33-37)40-28-22-36(23-29-40)48-32-38-11-2-3-12-41(38)43-14-5-6-15-44(43)48/h1-33H. The molecule has 2 heterocycles. The van der Waals surface area contributed by atoms with Gasteiger partial charge in [0.2, 0.25) is 0 Å². The fourth-order valence-electron chi connectivity index (χ4n) is 8.94. The molecule has 0 saturated carbocycles. The molecule has 0 atom stereocenters. The lowest BCUT2D eigenvalue weighted by Gasteiger charge is -2.27. The molecule has 57 heavy (non-hydrogen) atoms. The van der Waals surface area contributed by atoms with Gasteiger partial charge in [-0.1, -0.05) is 133 Å². The molecule has 3 heteroatoms. The van der Waals surface area contributed by atoms with Crippen LogP contribution in [0.1, 0.15) is 0 Å². The predicted molar refractivity (Wildman–Crippen MR) is 239 cm³/mol. The average Bonchev–Trinajstić information content (AvgIpc) is 3.86. The molecule has 0 aliphatic rings. The van der Waals surface area contributed by atoms with Gasteiger partial charge in [0.05, 0.1) is 11.1 Å². The molecule has 0 saturated heterocycles. The van der Waals surface area contributed by atoms with Gasteiger partial charge >= 0.3 is 0 Å². The van der Waals surface area contributed by atoms with Crippen LogP contribution in [0.25, 0.3) is 98.4 Å². The molecule has 12 rings (SSSR count). The molecule has 0 fully saturated rings. The van der Waals surface area contributed by atoms with Crippen LogP contribution in [0.4, 0.5) is 17.1 Å². The molecule has 0 aliphatic heterocycles. The van der Waals surface area contributed by atoms with E-state index in [9.17, 15) is 0 Å². The second kappa shape index (κ2) is 12.5. The van der Waals surface area contributed by atoms with Crippen molar-refractivity contribution in [1.82, 2.24) is 0 Å². The molecule has 0 spiro atoms. The van der Waals surface area contributed by atoms with Gasteiger partial charge in [0.15, 0.2) is 0 Å². The fraction of sp³-hybridized carbons (Fsp3) is 0. The SMILES string of the molecule is c1ccc2c(c1)cc(-c1ccc(N(c3ccc(-c4ccc5c(c4)oc4ccccc45)cc3)c3cccc4oc5c6ccccc6ccc5c34)cc1)c1ccccc12. The normalized spacial score (nSPS) is 11.9. The highest BCUT2D eigenvalue weighted by molar-refractivity contribution is 6.20. The third kappa shape index (κ3) is 4.99. The number of nitrogens with zero attached hydrogens (tertiary/aromatic N) is 1. The number of furan rings is 2. The third-order valence-electron chi connectivity index (χ3n) is 11.6. The Morgan fingerprint density at radius 3 is 1.72 bits per heavy atom. The van der Waals surface area contributed by atoms with Gasteiger partial charge in [-0.05, 0) is 116 Å². The molecular formula is C54H33NO2. The Kier molecular flexibility index (Phi) is 6.93. The maximum absolute atomic E-state index is 6.68. The lowest BCUT2D eigenvalue weighted by molar-refractivity contribution is 0.669. The van der Waals surface area contributed by atoms with Gasteiger partial charge in [-0.3, -0.25) is 0 Å².